The Morgan fingerprint density at radius 1 is 1.55 bits per heavy atom. The van der Waals surface area contributed by atoms with E-state index in [0.717, 1.165) is 10.1 Å². The highest BCUT2D eigenvalue weighted by atomic mass is 32.1. The van der Waals surface area contributed by atoms with Crippen molar-refractivity contribution in [2.75, 3.05) is 7.05 Å². The number of thiophene rings is 1. The molecule has 0 fully saturated rings. The smallest absolute Gasteiger partial charge is 0.319 e. The first-order valence-electron chi connectivity index (χ1n) is 6.13. The standard InChI is InChI=1S/C13H15F2N3OS/c1-17(8-11-16-5-6-18(11)13(14)15)12(19)3-2-10-4-7-20-9-10/h4-7,9,13H,2-3,8H2,1H3. The molecule has 0 aliphatic carbocycles. The molecule has 0 aliphatic rings. The third kappa shape index (κ3) is 3.63. The number of carbonyl (C=O) groups excluding carboxylic acids is 1. The van der Waals surface area contributed by atoms with Crippen molar-refractivity contribution in [2.45, 2.75) is 25.9 Å². The maximum absolute atomic E-state index is 12.7. The molecule has 7 heteroatoms. The lowest BCUT2D eigenvalue weighted by Gasteiger charge is -2.17. The summed E-state index contributed by atoms with van der Waals surface area (Å²) in [5, 5.41) is 3.96. The molecule has 4 nitrogen and oxygen atoms in total. The quantitative estimate of drug-likeness (QED) is 0.822. The van der Waals surface area contributed by atoms with E-state index in [1.54, 1.807) is 18.4 Å². The molecule has 108 valence electrons. The van der Waals surface area contributed by atoms with Gasteiger partial charge in [0.1, 0.15) is 5.82 Å². The molecule has 2 rings (SSSR count). The molecule has 0 saturated heterocycles. The van der Waals surface area contributed by atoms with Crippen LogP contribution in [0.15, 0.2) is 29.2 Å². The van der Waals surface area contributed by atoms with Gasteiger partial charge in [-0.2, -0.15) is 20.1 Å². The zero-order valence-corrected chi connectivity index (χ0v) is 11.8. The number of hydrogen-bond donors (Lipinski definition) is 0. The van der Waals surface area contributed by atoms with E-state index in [-0.39, 0.29) is 18.3 Å². The van der Waals surface area contributed by atoms with E-state index < -0.39 is 6.55 Å². The van der Waals surface area contributed by atoms with Gasteiger partial charge in [-0.3, -0.25) is 9.36 Å². The molecule has 0 bridgehead atoms. The maximum Gasteiger partial charge on any atom is 0.319 e. The summed E-state index contributed by atoms with van der Waals surface area (Å²) in [6.07, 6.45) is 3.55. The van der Waals surface area contributed by atoms with Crippen molar-refractivity contribution in [2.24, 2.45) is 0 Å². The monoisotopic (exact) mass is 299 g/mol. The van der Waals surface area contributed by atoms with Crippen LogP contribution in [0.25, 0.3) is 0 Å². The second kappa shape index (κ2) is 6.60. The number of aromatic nitrogens is 2. The fraction of sp³-hybridized carbons (Fsp3) is 0.385. The molecule has 0 aliphatic heterocycles. The van der Waals surface area contributed by atoms with Crippen LogP contribution in [0.3, 0.4) is 0 Å². The molecule has 1 amide bonds. The fourth-order valence-corrected chi connectivity index (χ4v) is 2.52. The number of amides is 1. The van der Waals surface area contributed by atoms with Gasteiger partial charge in [0.15, 0.2) is 0 Å². The van der Waals surface area contributed by atoms with Gasteiger partial charge < -0.3 is 4.90 Å². The summed E-state index contributed by atoms with van der Waals surface area (Å²) in [4.78, 5) is 17.2. The topological polar surface area (TPSA) is 38.1 Å². The van der Waals surface area contributed by atoms with Gasteiger partial charge >= 0.3 is 6.55 Å². The lowest BCUT2D eigenvalue weighted by Crippen LogP contribution is -2.28. The van der Waals surface area contributed by atoms with Gasteiger partial charge in [0, 0.05) is 25.9 Å². The summed E-state index contributed by atoms with van der Waals surface area (Å²) in [6, 6.07) is 1.97. The molecule has 2 aromatic rings. The number of hydrogen-bond acceptors (Lipinski definition) is 3. The minimum absolute atomic E-state index is 0.0831. The summed E-state index contributed by atoms with van der Waals surface area (Å²) in [6.45, 7) is -2.55. The normalized spacial score (nSPS) is 11.0. The molecule has 0 atom stereocenters. The number of alkyl halides is 2. The number of rotatable bonds is 6. The lowest BCUT2D eigenvalue weighted by molar-refractivity contribution is -0.130. The van der Waals surface area contributed by atoms with Crippen LogP contribution in [-0.4, -0.2) is 27.4 Å². The summed E-state index contributed by atoms with van der Waals surface area (Å²) in [5.41, 5.74) is 1.12. The van der Waals surface area contributed by atoms with Gasteiger partial charge in [-0.1, -0.05) is 0 Å². The minimum Gasteiger partial charge on any atom is -0.338 e. The molecule has 0 N–H and O–H groups in total. The Morgan fingerprint density at radius 2 is 2.35 bits per heavy atom. The van der Waals surface area contributed by atoms with Gasteiger partial charge in [0.05, 0.1) is 6.54 Å². The molecule has 2 heterocycles. The zero-order chi connectivity index (χ0) is 14.5. The lowest BCUT2D eigenvalue weighted by atomic mass is 10.2. The maximum atomic E-state index is 12.7. The summed E-state index contributed by atoms with van der Waals surface area (Å²) >= 11 is 1.59. The van der Waals surface area contributed by atoms with E-state index in [0.29, 0.717) is 12.8 Å². The van der Waals surface area contributed by atoms with Crippen LogP contribution >= 0.6 is 11.3 Å². The van der Waals surface area contributed by atoms with Crippen LogP contribution in [0, 0.1) is 0 Å². The van der Waals surface area contributed by atoms with Gasteiger partial charge in [-0.15, -0.1) is 0 Å². The zero-order valence-electron chi connectivity index (χ0n) is 11.0. The molecule has 0 saturated carbocycles. The van der Waals surface area contributed by atoms with E-state index in [9.17, 15) is 13.6 Å². The Hall–Kier alpha value is -1.76. The first-order valence-corrected chi connectivity index (χ1v) is 7.07. The molecule has 0 radical (unpaired) electrons. The molecule has 20 heavy (non-hydrogen) atoms. The molecular weight excluding hydrogens is 284 g/mol. The van der Waals surface area contributed by atoms with Crippen LogP contribution in [-0.2, 0) is 17.8 Å². The van der Waals surface area contributed by atoms with Crippen molar-refractivity contribution in [3.8, 4) is 0 Å². The van der Waals surface area contributed by atoms with Crippen molar-refractivity contribution in [3.63, 3.8) is 0 Å². The van der Waals surface area contributed by atoms with Crippen LogP contribution in [0.1, 0.15) is 24.4 Å². The van der Waals surface area contributed by atoms with Crippen LogP contribution in [0.5, 0.6) is 0 Å². The highest BCUT2D eigenvalue weighted by molar-refractivity contribution is 7.07. The van der Waals surface area contributed by atoms with Gasteiger partial charge in [0.2, 0.25) is 5.91 Å². The average Bonchev–Trinajstić information content (AvgIpc) is 3.06. The number of nitrogens with zero attached hydrogens (tertiary/aromatic N) is 3. The van der Waals surface area contributed by atoms with Crippen molar-refractivity contribution < 1.29 is 13.6 Å². The molecule has 2 aromatic heterocycles. The Labute approximate surface area is 119 Å². The second-order valence-electron chi connectivity index (χ2n) is 4.41. The molecule has 0 aromatic carbocycles. The van der Waals surface area contributed by atoms with E-state index >= 15 is 0 Å². The Kier molecular flexibility index (Phi) is 4.84. The summed E-state index contributed by atoms with van der Waals surface area (Å²) in [7, 11) is 1.60. The molecule has 0 unspecified atom stereocenters. The first-order chi connectivity index (χ1) is 9.58. The van der Waals surface area contributed by atoms with Crippen molar-refractivity contribution >= 4 is 17.2 Å². The van der Waals surface area contributed by atoms with Crippen molar-refractivity contribution in [1.29, 1.82) is 0 Å². The van der Waals surface area contributed by atoms with Crippen LogP contribution in [0.2, 0.25) is 0 Å². The molecule has 0 spiro atoms. The number of carbonyl (C=O) groups is 1. The third-order valence-corrected chi connectivity index (χ3v) is 3.70. The average molecular weight is 299 g/mol. The predicted molar refractivity (Wildman–Crippen MR) is 72.6 cm³/mol. The predicted octanol–water partition coefficient (Wildman–Crippen LogP) is 2.93. The highest BCUT2D eigenvalue weighted by Crippen LogP contribution is 2.14. The summed E-state index contributed by atoms with van der Waals surface area (Å²) in [5.74, 6) is 0.103. The van der Waals surface area contributed by atoms with Gasteiger partial charge in [-0.25, -0.2) is 4.98 Å². The Bertz CT molecular complexity index is 554. The Balaban J connectivity index is 1.89. The van der Waals surface area contributed by atoms with Crippen LogP contribution in [0.4, 0.5) is 8.78 Å². The summed E-state index contributed by atoms with van der Waals surface area (Å²) < 4.78 is 26.1. The van der Waals surface area contributed by atoms with Gasteiger partial charge in [0.25, 0.3) is 0 Å². The van der Waals surface area contributed by atoms with E-state index in [1.165, 1.54) is 17.3 Å². The van der Waals surface area contributed by atoms with E-state index in [1.807, 2.05) is 16.8 Å². The van der Waals surface area contributed by atoms with Crippen molar-refractivity contribution in [1.82, 2.24) is 14.5 Å². The largest absolute Gasteiger partial charge is 0.338 e. The minimum atomic E-state index is -2.64. The van der Waals surface area contributed by atoms with Crippen LogP contribution < -0.4 is 0 Å². The number of aryl methyl sites for hydroxylation is 1. The van der Waals surface area contributed by atoms with E-state index in [2.05, 4.69) is 4.98 Å². The van der Waals surface area contributed by atoms with Gasteiger partial charge in [-0.05, 0) is 28.8 Å². The second-order valence-corrected chi connectivity index (χ2v) is 5.19. The molecular formula is C13H15F2N3OS. The highest BCUT2D eigenvalue weighted by Gasteiger charge is 2.16. The van der Waals surface area contributed by atoms with E-state index in [4.69, 9.17) is 0 Å². The Morgan fingerprint density at radius 3 is 3.00 bits per heavy atom. The van der Waals surface area contributed by atoms with Crippen molar-refractivity contribution in [3.05, 3.63) is 40.6 Å². The fourth-order valence-electron chi connectivity index (χ4n) is 1.82. The number of imidazole rings is 1. The SMILES string of the molecule is CN(Cc1nccn1C(F)F)C(=O)CCc1ccsc1. The third-order valence-electron chi connectivity index (χ3n) is 2.97. The number of halogens is 2. The first kappa shape index (κ1) is 14.6.